The van der Waals surface area contributed by atoms with Crippen molar-refractivity contribution in [2.45, 2.75) is 38.1 Å². The van der Waals surface area contributed by atoms with Crippen molar-refractivity contribution in [2.75, 3.05) is 6.61 Å². The average molecular weight is 398 g/mol. The molecule has 0 amide bonds. The molecule has 1 atom stereocenters. The number of carboxylic acid groups (broad SMARTS) is 1. The summed E-state index contributed by atoms with van der Waals surface area (Å²) in [6.45, 7) is -0.758. The fraction of sp³-hybridized carbons (Fsp3) is 0.350. The van der Waals surface area contributed by atoms with E-state index in [2.05, 4.69) is 0 Å². The minimum atomic E-state index is -4.59. The van der Waals surface area contributed by atoms with Gasteiger partial charge in [0, 0.05) is 5.56 Å². The maximum atomic E-state index is 13.4. The summed E-state index contributed by atoms with van der Waals surface area (Å²) in [5.41, 5.74) is 0.760. The van der Waals surface area contributed by atoms with Crippen molar-refractivity contribution in [1.82, 2.24) is 0 Å². The number of alkyl halides is 3. The van der Waals surface area contributed by atoms with Crippen LogP contribution in [0.25, 0.3) is 0 Å². The maximum Gasteiger partial charge on any atom is 0.416 e. The molecule has 1 unspecified atom stereocenters. The lowest BCUT2D eigenvalue weighted by atomic mass is 9.89. The van der Waals surface area contributed by atoms with Crippen LogP contribution in [-0.2, 0) is 35.2 Å². The second kappa shape index (κ2) is 8.18. The highest BCUT2D eigenvalue weighted by molar-refractivity contribution is 5.68. The van der Waals surface area contributed by atoms with Crippen molar-refractivity contribution in [3.05, 3.63) is 64.5 Å². The Morgan fingerprint density at radius 3 is 2.64 bits per heavy atom. The van der Waals surface area contributed by atoms with E-state index in [1.54, 1.807) is 18.2 Å². The van der Waals surface area contributed by atoms with Crippen LogP contribution in [0.15, 0.2) is 36.4 Å². The molecule has 2 aromatic carbocycles. The van der Waals surface area contributed by atoms with Gasteiger partial charge in [0.05, 0.1) is 11.7 Å². The lowest BCUT2D eigenvalue weighted by Crippen LogP contribution is -2.25. The zero-order valence-electron chi connectivity index (χ0n) is 14.8. The van der Waals surface area contributed by atoms with E-state index < -0.39 is 30.1 Å². The Labute approximate surface area is 158 Å². The molecule has 150 valence electrons. The normalized spacial score (nSPS) is 16.5. The molecule has 28 heavy (non-hydrogen) atoms. The van der Waals surface area contributed by atoms with Gasteiger partial charge in [-0.3, -0.25) is 0 Å². The zero-order valence-corrected chi connectivity index (χ0v) is 14.8. The highest BCUT2D eigenvalue weighted by Crippen LogP contribution is 2.33. The van der Waals surface area contributed by atoms with E-state index in [4.69, 9.17) is 14.6 Å². The predicted octanol–water partition coefficient (Wildman–Crippen LogP) is 4.38. The number of rotatable bonds is 6. The summed E-state index contributed by atoms with van der Waals surface area (Å²) in [5.74, 6) is -1.39. The highest BCUT2D eigenvalue weighted by atomic mass is 19.4. The van der Waals surface area contributed by atoms with E-state index in [0.29, 0.717) is 31.1 Å². The fourth-order valence-electron chi connectivity index (χ4n) is 3.24. The van der Waals surface area contributed by atoms with Crippen molar-refractivity contribution < 1.29 is 36.9 Å². The molecule has 8 heteroatoms. The lowest BCUT2D eigenvalue weighted by molar-refractivity contribution is -0.144. The monoisotopic (exact) mass is 398 g/mol. The van der Waals surface area contributed by atoms with Crippen LogP contribution in [0.4, 0.5) is 17.6 Å². The number of fused-ring (bicyclic) bond motifs is 1. The topological polar surface area (TPSA) is 55.8 Å². The Morgan fingerprint density at radius 1 is 1.14 bits per heavy atom. The van der Waals surface area contributed by atoms with Crippen LogP contribution in [0.3, 0.4) is 0 Å². The minimum absolute atomic E-state index is 0.183. The Hall–Kier alpha value is -2.61. The Morgan fingerprint density at radius 2 is 1.93 bits per heavy atom. The van der Waals surface area contributed by atoms with Crippen molar-refractivity contribution in [2.24, 2.45) is 0 Å². The highest BCUT2D eigenvalue weighted by Gasteiger charge is 2.33. The van der Waals surface area contributed by atoms with E-state index in [-0.39, 0.29) is 18.3 Å². The third-order valence-corrected chi connectivity index (χ3v) is 4.57. The van der Waals surface area contributed by atoms with Gasteiger partial charge in [0.25, 0.3) is 0 Å². The molecule has 3 rings (SSSR count). The third-order valence-electron chi connectivity index (χ3n) is 4.57. The molecule has 0 radical (unpaired) electrons. The van der Waals surface area contributed by atoms with E-state index in [1.165, 1.54) is 0 Å². The van der Waals surface area contributed by atoms with Crippen molar-refractivity contribution in [3.63, 3.8) is 0 Å². The van der Waals surface area contributed by atoms with Gasteiger partial charge in [-0.15, -0.1) is 0 Å². The van der Waals surface area contributed by atoms with Gasteiger partial charge in [0.1, 0.15) is 24.8 Å². The molecule has 0 bridgehead atoms. The molecule has 0 spiro atoms. The molecule has 2 aromatic rings. The standard InChI is InChI=1S/C20H18F4O4/c21-15-3-6-18(20(22,23)24)14(7-15)10-27-16-4-1-13-9-17(28-11-19(25)26)5-2-12(13)8-16/h1,3-4,6-8,17H,2,5,9-11H2,(H,25,26). The van der Waals surface area contributed by atoms with Gasteiger partial charge in [0.2, 0.25) is 0 Å². The number of ether oxygens (including phenoxy) is 2. The van der Waals surface area contributed by atoms with Crippen LogP contribution in [-0.4, -0.2) is 23.8 Å². The SMILES string of the molecule is O=C(O)COC1CCc2cc(OCc3cc(F)ccc3C(F)(F)F)ccc2C1. The van der Waals surface area contributed by atoms with E-state index in [0.717, 1.165) is 23.3 Å². The van der Waals surface area contributed by atoms with Gasteiger partial charge in [-0.25, -0.2) is 9.18 Å². The number of aryl methyl sites for hydroxylation is 1. The first-order valence-electron chi connectivity index (χ1n) is 8.66. The van der Waals surface area contributed by atoms with Crippen LogP contribution in [0.1, 0.15) is 28.7 Å². The largest absolute Gasteiger partial charge is 0.489 e. The van der Waals surface area contributed by atoms with Crippen LogP contribution < -0.4 is 4.74 Å². The number of carboxylic acids is 1. The molecule has 0 saturated heterocycles. The van der Waals surface area contributed by atoms with Crippen LogP contribution in [0.2, 0.25) is 0 Å². The third kappa shape index (κ3) is 5.01. The van der Waals surface area contributed by atoms with E-state index in [9.17, 15) is 22.4 Å². The Kier molecular flexibility index (Phi) is 5.88. The zero-order chi connectivity index (χ0) is 20.3. The Bertz CT molecular complexity index is 864. The molecule has 0 aromatic heterocycles. The van der Waals surface area contributed by atoms with Crippen LogP contribution >= 0.6 is 0 Å². The molecule has 1 aliphatic rings. The molecule has 0 saturated carbocycles. The van der Waals surface area contributed by atoms with Gasteiger partial charge in [-0.1, -0.05) is 6.07 Å². The van der Waals surface area contributed by atoms with Gasteiger partial charge in [0.15, 0.2) is 0 Å². The first kappa shape index (κ1) is 20.1. The second-order valence-corrected chi connectivity index (χ2v) is 6.59. The number of aliphatic carboxylic acids is 1. The van der Waals surface area contributed by atoms with Crippen molar-refractivity contribution in [3.8, 4) is 5.75 Å². The molecule has 1 N–H and O–H groups in total. The van der Waals surface area contributed by atoms with E-state index >= 15 is 0 Å². The Balaban J connectivity index is 1.68. The number of hydrogen-bond acceptors (Lipinski definition) is 3. The first-order valence-corrected chi connectivity index (χ1v) is 8.66. The summed E-state index contributed by atoms with van der Waals surface area (Å²) in [5, 5.41) is 8.68. The van der Waals surface area contributed by atoms with E-state index in [1.807, 2.05) is 0 Å². The van der Waals surface area contributed by atoms with Gasteiger partial charge < -0.3 is 14.6 Å². The molecule has 4 nitrogen and oxygen atoms in total. The summed E-state index contributed by atoms with van der Waals surface area (Å²) >= 11 is 0. The molecule has 0 fully saturated rings. The average Bonchev–Trinajstić information content (AvgIpc) is 2.63. The molecule has 1 aliphatic carbocycles. The summed E-state index contributed by atoms with van der Waals surface area (Å²) in [4.78, 5) is 10.6. The number of benzene rings is 2. The summed E-state index contributed by atoms with van der Waals surface area (Å²) < 4.78 is 63.3. The minimum Gasteiger partial charge on any atom is -0.489 e. The van der Waals surface area contributed by atoms with Crippen LogP contribution in [0, 0.1) is 5.82 Å². The fourth-order valence-corrected chi connectivity index (χ4v) is 3.24. The smallest absolute Gasteiger partial charge is 0.416 e. The first-order chi connectivity index (χ1) is 13.2. The second-order valence-electron chi connectivity index (χ2n) is 6.59. The predicted molar refractivity (Wildman–Crippen MR) is 91.6 cm³/mol. The van der Waals surface area contributed by atoms with Crippen molar-refractivity contribution >= 4 is 5.97 Å². The number of carbonyl (C=O) groups is 1. The molecular weight excluding hydrogens is 380 g/mol. The molecule has 0 heterocycles. The lowest BCUT2D eigenvalue weighted by Gasteiger charge is -2.25. The quantitative estimate of drug-likeness (QED) is 0.734. The van der Waals surface area contributed by atoms with Gasteiger partial charge in [-0.2, -0.15) is 13.2 Å². The molecular formula is C20H18F4O4. The summed E-state index contributed by atoms with van der Waals surface area (Å²) in [6, 6.07) is 7.47. The van der Waals surface area contributed by atoms with Gasteiger partial charge >= 0.3 is 12.1 Å². The summed E-state index contributed by atoms with van der Waals surface area (Å²) in [7, 11) is 0. The number of halogens is 4. The maximum absolute atomic E-state index is 13.4. The summed E-state index contributed by atoms with van der Waals surface area (Å²) in [6.07, 6.45) is -2.92. The van der Waals surface area contributed by atoms with Crippen LogP contribution in [0.5, 0.6) is 5.75 Å². The van der Waals surface area contributed by atoms with Crippen molar-refractivity contribution in [1.29, 1.82) is 0 Å². The molecule has 0 aliphatic heterocycles. The number of hydrogen-bond donors (Lipinski definition) is 1. The van der Waals surface area contributed by atoms with Gasteiger partial charge in [-0.05, 0) is 60.7 Å².